The second-order valence-electron chi connectivity index (χ2n) is 4.84. The molecule has 24 heavy (non-hydrogen) atoms. The zero-order chi connectivity index (χ0) is 17.5. The van der Waals surface area contributed by atoms with E-state index in [9.17, 15) is 9.59 Å². The second kappa shape index (κ2) is 8.86. The summed E-state index contributed by atoms with van der Waals surface area (Å²) in [6.45, 7) is 0.332. The monoisotopic (exact) mass is 387 g/mol. The molecule has 3 N–H and O–H groups in total. The maximum atomic E-state index is 11.8. The van der Waals surface area contributed by atoms with E-state index in [0.29, 0.717) is 39.6 Å². The molecule has 1 aromatic heterocycles. The van der Waals surface area contributed by atoms with E-state index in [1.165, 1.54) is 11.3 Å². The van der Waals surface area contributed by atoms with Gasteiger partial charge in [0, 0.05) is 11.8 Å². The zero-order valence-corrected chi connectivity index (χ0v) is 14.9. The van der Waals surface area contributed by atoms with Crippen LogP contribution in [-0.4, -0.2) is 23.4 Å². The largest absolute Gasteiger partial charge is 0.492 e. The van der Waals surface area contributed by atoms with Crippen LogP contribution in [0.1, 0.15) is 18.5 Å². The molecule has 0 atom stereocenters. The number of benzene rings is 1. The standard InChI is InChI=1S/C15H15Cl2N3O3S/c16-10-3-1-4-11(14(10)17)23-6-2-5-13(22)20-15-19-9(8-24-15)7-12(18)21/h1,3-4,8H,2,5-7H2,(H2,18,21)(H,19,20,22). The van der Waals surface area contributed by atoms with Gasteiger partial charge in [-0.15, -0.1) is 11.3 Å². The van der Waals surface area contributed by atoms with Gasteiger partial charge in [0.05, 0.1) is 23.7 Å². The van der Waals surface area contributed by atoms with Crippen molar-refractivity contribution in [2.75, 3.05) is 11.9 Å². The van der Waals surface area contributed by atoms with Crippen molar-refractivity contribution in [2.24, 2.45) is 5.73 Å². The number of thiazole rings is 1. The highest BCUT2D eigenvalue weighted by Gasteiger charge is 2.09. The Morgan fingerprint density at radius 3 is 2.88 bits per heavy atom. The fourth-order valence-electron chi connectivity index (χ4n) is 1.82. The van der Waals surface area contributed by atoms with Crippen LogP contribution in [0.5, 0.6) is 5.75 Å². The Hall–Kier alpha value is -1.83. The van der Waals surface area contributed by atoms with Gasteiger partial charge in [0.2, 0.25) is 11.8 Å². The molecule has 128 valence electrons. The van der Waals surface area contributed by atoms with E-state index in [2.05, 4.69) is 10.3 Å². The van der Waals surface area contributed by atoms with Gasteiger partial charge in [0.1, 0.15) is 10.8 Å². The first kappa shape index (κ1) is 18.5. The topological polar surface area (TPSA) is 94.3 Å². The van der Waals surface area contributed by atoms with Gasteiger partial charge >= 0.3 is 0 Å². The lowest BCUT2D eigenvalue weighted by Gasteiger charge is -2.08. The van der Waals surface area contributed by atoms with Crippen molar-refractivity contribution in [3.8, 4) is 5.75 Å². The minimum Gasteiger partial charge on any atom is -0.492 e. The predicted octanol–water partition coefficient (Wildman–Crippen LogP) is 3.28. The van der Waals surface area contributed by atoms with Gasteiger partial charge in [0.15, 0.2) is 5.13 Å². The number of primary amides is 1. The van der Waals surface area contributed by atoms with Crippen LogP contribution < -0.4 is 15.8 Å². The van der Waals surface area contributed by atoms with Crippen molar-refractivity contribution in [2.45, 2.75) is 19.3 Å². The Kier molecular flexibility index (Phi) is 6.84. The third kappa shape index (κ3) is 5.67. The lowest BCUT2D eigenvalue weighted by molar-refractivity contribution is -0.117. The molecule has 0 saturated carbocycles. The predicted molar refractivity (Wildman–Crippen MR) is 94.8 cm³/mol. The number of rotatable bonds is 8. The molecule has 0 bridgehead atoms. The van der Waals surface area contributed by atoms with Gasteiger partial charge in [-0.25, -0.2) is 4.98 Å². The smallest absolute Gasteiger partial charge is 0.226 e. The Bertz CT molecular complexity index is 737. The molecular weight excluding hydrogens is 373 g/mol. The highest BCUT2D eigenvalue weighted by molar-refractivity contribution is 7.13. The van der Waals surface area contributed by atoms with E-state index >= 15 is 0 Å². The number of anilines is 1. The molecule has 0 aliphatic heterocycles. The molecule has 0 spiro atoms. The van der Waals surface area contributed by atoms with E-state index in [0.717, 1.165) is 0 Å². The quantitative estimate of drug-likeness (QED) is 0.679. The van der Waals surface area contributed by atoms with Crippen LogP contribution >= 0.6 is 34.5 Å². The Labute approximate surface area is 152 Å². The average Bonchev–Trinajstić information content (AvgIpc) is 2.93. The first-order valence-electron chi connectivity index (χ1n) is 7.05. The molecule has 6 nitrogen and oxygen atoms in total. The third-order valence-corrected chi connectivity index (χ3v) is 4.48. The molecule has 0 radical (unpaired) electrons. The zero-order valence-electron chi connectivity index (χ0n) is 12.6. The summed E-state index contributed by atoms with van der Waals surface area (Å²) in [5.41, 5.74) is 5.63. The van der Waals surface area contributed by atoms with E-state index in [4.69, 9.17) is 33.7 Å². The Morgan fingerprint density at radius 2 is 2.12 bits per heavy atom. The molecule has 0 fully saturated rings. The van der Waals surface area contributed by atoms with Crippen LogP contribution in [-0.2, 0) is 16.0 Å². The number of hydrogen-bond donors (Lipinski definition) is 2. The van der Waals surface area contributed by atoms with Gasteiger partial charge in [-0.1, -0.05) is 29.3 Å². The average molecular weight is 388 g/mol. The fraction of sp³-hybridized carbons (Fsp3) is 0.267. The Morgan fingerprint density at radius 1 is 1.33 bits per heavy atom. The minimum atomic E-state index is -0.463. The summed E-state index contributed by atoms with van der Waals surface area (Å²) in [4.78, 5) is 26.8. The van der Waals surface area contributed by atoms with Crippen LogP contribution in [0.2, 0.25) is 10.0 Å². The highest BCUT2D eigenvalue weighted by Crippen LogP contribution is 2.31. The van der Waals surface area contributed by atoms with Crippen molar-refractivity contribution < 1.29 is 14.3 Å². The van der Waals surface area contributed by atoms with Gasteiger partial charge < -0.3 is 15.8 Å². The van der Waals surface area contributed by atoms with Crippen molar-refractivity contribution in [3.63, 3.8) is 0 Å². The van der Waals surface area contributed by atoms with Gasteiger partial charge in [0.25, 0.3) is 0 Å². The number of carbonyl (C=O) groups is 2. The Balaban J connectivity index is 1.72. The number of nitrogens with zero attached hydrogens (tertiary/aromatic N) is 1. The lowest BCUT2D eigenvalue weighted by Crippen LogP contribution is -2.15. The minimum absolute atomic E-state index is 0.0562. The molecule has 2 aromatic rings. The number of aromatic nitrogens is 1. The van der Waals surface area contributed by atoms with Crippen molar-refractivity contribution >= 4 is 51.5 Å². The lowest BCUT2D eigenvalue weighted by atomic mass is 10.3. The van der Waals surface area contributed by atoms with Crippen molar-refractivity contribution in [1.82, 2.24) is 4.98 Å². The number of hydrogen-bond acceptors (Lipinski definition) is 5. The van der Waals surface area contributed by atoms with E-state index < -0.39 is 5.91 Å². The number of carbonyl (C=O) groups excluding carboxylic acids is 2. The summed E-state index contributed by atoms with van der Waals surface area (Å²) in [5.74, 6) is -0.161. The number of amides is 2. The molecule has 0 aliphatic rings. The molecule has 1 heterocycles. The van der Waals surface area contributed by atoms with E-state index in [1.54, 1.807) is 23.6 Å². The summed E-state index contributed by atoms with van der Waals surface area (Å²) in [5, 5.41) is 5.57. The number of halogens is 2. The maximum absolute atomic E-state index is 11.8. The number of nitrogens with one attached hydrogen (secondary N) is 1. The highest BCUT2D eigenvalue weighted by atomic mass is 35.5. The fourth-order valence-corrected chi connectivity index (χ4v) is 2.89. The van der Waals surface area contributed by atoms with Crippen molar-refractivity contribution in [1.29, 1.82) is 0 Å². The van der Waals surface area contributed by atoms with Crippen LogP contribution in [0.3, 0.4) is 0 Å². The van der Waals surface area contributed by atoms with E-state index in [-0.39, 0.29) is 18.7 Å². The number of nitrogens with two attached hydrogens (primary N) is 1. The molecule has 0 saturated heterocycles. The molecule has 9 heteroatoms. The summed E-state index contributed by atoms with van der Waals surface area (Å²) in [6, 6.07) is 5.12. The normalized spacial score (nSPS) is 10.4. The summed E-state index contributed by atoms with van der Waals surface area (Å²) < 4.78 is 5.51. The molecule has 1 aromatic carbocycles. The van der Waals surface area contributed by atoms with Crippen LogP contribution in [0.25, 0.3) is 0 Å². The first-order valence-corrected chi connectivity index (χ1v) is 8.68. The van der Waals surface area contributed by atoms with Crippen LogP contribution in [0.15, 0.2) is 23.6 Å². The summed E-state index contributed by atoms with van der Waals surface area (Å²) in [7, 11) is 0. The number of ether oxygens (including phenoxy) is 1. The first-order chi connectivity index (χ1) is 11.5. The molecule has 2 amide bonds. The van der Waals surface area contributed by atoms with Gasteiger partial charge in [-0.2, -0.15) is 0 Å². The summed E-state index contributed by atoms with van der Waals surface area (Å²) >= 11 is 13.1. The third-order valence-electron chi connectivity index (χ3n) is 2.88. The van der Waals surface area contributed by atoms with Gasteiger partial charge in [-0.3, -0.25) is 9.59 Å². The second-order valence-corrected chi connectivity index (χ2v) is 6.48. The van der Waals surface area contributed by atoms with Gasteiger partial charge in [-0.05, 0) is 18.6 Å². The molecule has 2 rings (SSSR count). The van der Waals surface area contributed by atoms with Crippen molar-refractivity contribution in [3.05, 3.63) is 39.3 Å². The molecule has 0 aliphatic carbocycles. The molecular formula is C15H15Cl2N3O3S. The molecule has 0 unspecified atom stereocenters. The van der Waals surface area contributed by atoms with E-state index in [1.807, 2.05) is 0 Å². The maximum Gasteiger partial charge on any atom is 0.226 e. The summed E-state index contributed by atoms with van der Waals surface area (Å²) in [6.07, 6.45) is 0.831. The SMILES string of the molecule is NC(=O)Cc1csc(NC(=O)CCCOc2cccc(Cl)c2Cl)n1. The van der Waals surface area contributed by atoms with Crippen LogP contribution in [0.4, 0.5) is 5.13 Å². The van der Waals surface area contributed by atoms with Crippen LogP contribution in [0, 0.1) is 0 Å².